The molecule has 1 atom stereocenters. The highest BCUT2D eigenvalue weighted by Crippen LogP contribution is 2.18. The van der Waals surface area contributed by atoms with Crippen molar-refractivity contribution in [2.24, 2.45) is 0 Å². The molecule has 0 aliphatic carbocycles. The fourth-order valence-corrected chi connectivity index (χ4v) is 1.64. The zero-order valence-corrected chi connectivity index (χ0v) is 10.8. The molecule has 0 aromatic carbocycles. The predicted molar refractivity (Wildman–Crippen MR) is 68.6 cm³/mol. The van der Waals surface area contributed by atoms with Crippen LogP contribution >= 0.6 is 0 Å². The standard InChI is InChI=1S/C12H17N5O/c1-4-18-11-7-10(16-9(3)17-11)15-8(2)12-13-5-6-14-12/h5-8H,4H2,1-3H3,(H,13,14)(H,15,16,17). The summed E-state index contributed by atoms with van der Waals surface area (Å²) in [6.45, 7) is 6.36. The van der Waals surface area contributed by atoms with Crippen LogP contribution in [0.25, 0.3) is 0 Å². The van der Waals surface area contributed by atoms with Crippen LogP contribution < -0.4 is 10.1 Å². The van der Waals surface area contributed by atoms with Gasteiger partial charge < -0.3 is 15.0 Å². The van der Waals surface area contributed by atoms with Crippen molar-refractivity contribution in [2.75, 3.05) is 11.9 Å². The average molecular weight is 247 g/mol. The molecule has 2 rings (SSSR count). The van der Waals surface area contributed by atoms with E-state index in [-0.39, 0.29) is 6.04 Å². The van der Waals surface area contributed by atoms with Gasteiger partial charge in [0.05, 0.1) is 12.6 Å². The van der Waals surface area contributed by atoms with Crippen molar-refractivity contribution in [3.63, 3.8) is 0 Å². The van der Waals surface area contributed by atoms with E-state index < -0.39 is 0 Å². The summed E-state index contributed by atoms with van der Waals surface area (Å²) in [5, 5.41) is 3.26. The normalized spacial score (nSPS) is 12.2. The van der Waals surface area contributed by atoms with Gasteiger partial charge in [-0.3, -0.25) is 0 Å². The topological polar surface area (TPSA) is 75.7 Å². The molecular formula is C12H17N5O. The van der Waals surface area contributed by atoms with Gasteiger partial charge in [-0.05, 0) is 20.8 Å². The Balaban J connectivity index is 2.13. The molecule has 2 aromatic heterocycles. The van der Waals surface area contributed by atoms with Crippen LogP contribution in [0.15, 0.2) is 18.5 Å². The van der Waals surface area contributed by atoms with Crippen molar-refractivity contribution in [1.82, 2.24) is 19.9 Å². The van der Waals surface area contributed by atoms with E-state index in [4.69, 9.17) is 4.74 Å². The molecule has 96 valence electrons. The van der Waals surface area contributed by atoms with Crippen LogP contribution in [0.4, 0.5) is 5.82 Å². The third-order valence-electron chi connectivity index (χ3n) is 2.40. The van der Waals surface area contributed by atoms with E-state index in [1.807, 2.05) is 20.8 Å². The first kappa shape index (κ1) is 12.3. The number of H-pyrrole nitrogens is 1. The van der Waals surface area contributed by atoms with Crippen molar-refractivity contribution in [3.8, 4) is 5.88 Å². The van der Waals surface area contributed by atoms with E-state index in [1.165, 1.54) is 0 Å². The molecule has 18 heavy (non-hydrogen) atoms. The highest BCUT2D eigenvalue weighted by Gasteiger charge is 2.09. The molecule has 6 nitrogen and oxygen atoms in total. The van der Waals surface area contributed by atoms with Gasteiger partial charge >= 0.3 is 0 Å². The number of nitrogens with one attached hydrogen (secondary N) is 2. The second-order valence-electron chi connectivity index (χ2n) is 3.91. The molecule has 2 heterocycles. The second-order valence-corrected chi connectivity index (χ2v) is 3.91. The van der Waals surface area contributed by atoms with Gasteiger partial charge in [-0.25, -0.2) is 9.97 Å². The summed E-state index contributed by atoms with van der Waals surface area (Å²) in [5.74, 6) is 2.85. The third kappa shape index (κ3) is 2.97. The first-order valence-corrected chi connectivity index (χ1v) is 5.93. The minimum absolute atomic E-state index is 0.0452. The highest BCUT2D eigenvalue weighted by atomic mass is 16.5. The maximum Gasteiger partial charge on any atom is 0.218 e. The van der Waals surface area contributed by atoms with Gasteiger partial charge in [0.1, 0.15) is 17.5 Å². The van der Waals surface area contributed by atoms with E-state index in [9.17, 15) is 0 Å². The number of rotatable bonds is 5. The molecule has 0 aliphatic rings. The van der Waals surface area contributed by atoms with Crippen LogP contribution in [0.3, 0.4) is 0 Å². The molecule has 0 amide bonds. The van der Waals surface area contributed by atoms with Gasteiger partial charge in [0.2, 0.25) is 5.88 Å². The van der Waals surface area contributed by atoms with Crippen molar-refractivity contribution in [1.29, 1.82) is 0 Å². The summed E-state index contributed by atoms with van der Waals surface area (Å²) < 4.78 is 5.39. The number of aromatic amines is 1. The highest BCUT2D eigenvalue weighted by molar-refractivity contribution is 5.39. The Labute approximate surface area is 106 Å². The summed E-state index contributed by atoms with van der Waals surface area (Å²) in [6, 6.07) is 1.83. The molecule has 0 spiro atoms. The number of aryl methyl sites for hydroxylation is 1. The first-order valence-electron chi connectivity index (χ1n) is 5.93. The monoisotopic (exact) mass is 247 g/mol. The molecule has 1 unspecified atom stereocenters. The van der Waals surface area contributed by atoms with Crippen LogP contribution in [-0.2, 0) is 0 Å². The molecule has 2 aromatic rings. The lowest BCUT2D eigenvalue weighted by atomic mass is 10.3. The molecule has 0 radical (unpaired) electrons. The SMILES string of the molecule is CCOc1cc(NC(C)c2ncc[nH]2)nc(C)n1. The molecule has 6 heteroatoms. The maximum atomic E-state index is 5.39. The largest absolute Gasteiger partial charge is 0.478 e. The van der Waals surface area contributed by atoms with Crippen LogP contribution in [0.2, 0.25) is 0 Å². The Morgan fingerprint density at radius 3 is 2.94 bits per heavy atom. The van der Waals surface area contributed by atoms with Crippen molar-refractivity contribution < 1.29 is 4.74 Å². The second kappa shape index (κ2) is 5.48. The molecule has 2 N–H and O–H groups in total. The van der Waals surface area contributed by atoms with Gasteiger partial charge in [0, 0.05) is 18.5 Å². The minimum Gasteiger partial charge on any atom is -0.478 e. The summed E-state index contributed by atoms with van der Waals surface area (Å²) in [4.78, 5) is 15.8. The summed E-state index contributed by atoms with van der Waals surface area (Å²) in [6.07, 6.45) is 3.52. The quantitative estimate of drug-likeness (QED) is 0.846. The maximum absolute atomic E-state index is 5.39. The Morgan fingerprint density at radius 2 is 2.28 bits per heavy atom. The predicted octanol–water partition coefficient (Wildman–Crippen LogP) is 2.08. The summed E-state index contributed by atoms with van der Waals surface area (Å²) >= 11 is 0. The molecule has 0 fully saturated rings. The first-order chi connectivity index (χ1) is 8.69. The van der Waals surface area contributed by atoms with Gasteiger partial charge in [-0.2, -0.15) is 4.98 Å². The molecular weight excluding hydrogens is 230 g/mol. The smallest absolute Gasteiger partial charge is 0.218 e. The molecule has 0 saturated heterocycles. The number of anilines is 1. The Hall–Kier alpha value is -2.11. The van der Waals surface area contributed by atoms with Crippen molar-refractivity contribution in [3.05, 3.63) is 30.1 Å². The molecule has 0 saturated carbocycles. The fourth-order valence-electron chi connectivity index (χ4n) is 1.64. The number of nitrogens with zero attached hydrogens (tertiary/aromatic N) is 3. The van der Waals surface area contributed by atoms with Gasteiger partial charge in [0.25, 0.3) is 0 Å². The Bertz CT molecular complexity index is 497. The van der Waals surface area contributed by atoms with Gasteiger partial charge in [-0.15, -0.1) is 0 Å². The van der Waals surface area contributed by atoms with Gasteiger partial charge in [0.15, 0.2) is 0 Å². The number of imidazole rings is 1. The molecule has 0 bridgehead atoms. The number of ether oxygens (including phenoxy) is 1. The van der Waals surface area contributed by atoms with E-state index in [0.717, 1.165) is 11.6 Å². The van der Waals surface area contributed by atoms with Crippen LogP contribution in [0.5, 0.6) is 5.88 Å². The van der Waals surface area contributed by atoms with Gasteiger partial charge in [-0.1, -0.05) is 0 Å². The van der Waals surface area contributed by atoms with Crippen LogP contribution in [0.1, 0.15) is 31.5 Å². The van der Waals surface area contributed by atoms with E-state index >= 15 is 0 Å². The van der Waals surface area contributed by atoms with Crippen molar-refractivity contribution >= 4 is 5.82 Å². The minimum atomic E-state index is 0.0452. The zero-order valence-electron chi connectivity index (χ0n) is 10.8. The van der Waals surface area contributed by atoms with E-state index in [1.54, 1.807) is 18.5 Å². The number of hydrogen-bond acceptors (Lipinski definition) is 5. The number of aromatic nitrogens is 4. The van der Waals surface area contributed by atoms with E-state index in [2.05, 4.69) is 25.3 Å². The third-order valence-corrected chi connectivity index (χ3v) is 2.40. The fraction of sp³-hybridized carbons (Fsp3) is 0.417. The lowest BCUT2D eigenvalue weighted by molar-refractivity contribution is 0.325. The lowest BCUT2D eigenvalue weighted by Crippen LogP contribution is -2.10. The number of hydrogen-bond donors (Lipinski definition) is 2. The zero-order chi connectivity index (χ0) is 13.0. The molecule has 0 aliphatic heterocycles. The van der Waals surface area contributed by atoms with Crippen LogP contribution in [-0.4, -0.2) is 26.5 Å². The summed E-state index contributed by atoms with van der Waals surface area (Å²) in [7, 11) is 0. The Morgan fingerprint density at radius 1 is 1.44 bits per heavy atom. The average Bonchev–Trinajstić information content (AvgIpc) is 2.81. The Kier molecular flexibility index (Phi) is 3.76. The van der Waals surface area contributed by atoms with Crippen molar-refractivity contribution in [2.45, 2.75) is 26.8 Å². The lowest BCUT2D eigenvalue weighted by Gasteiger charge is -2.13. The van der Waals surface area contributed by atoms with Crippen LogP contribution in [0, 0.1) is 6.92 Å². The summed E-state index contributed by atoms with van der Waals surface area (Å²) in [5.41, 5.74) is 0. The van der Waals surface area contributed by atoms with E-state index in [0.29, 0.717) is 18.3 Å².